The number of sulfone groups is 2. The Bertz CT molecular complexity index is 1080. The van der Waals surface area contributed by atoms with Crippen LogP contribution in [0.15, 0.2) is 141 Å². The highest BCUT2D eigenvalue weighted by Gasteiger charge is 2.16. The lowest BCUT2D eigenvalue weighted by Gasteiger charge is -2.03. The zero-order valence-corrected chi connectivity index (χ0v) is 19.2. The molecule has 5 nitrogen and oxygen atoms in total. The average Bonchev–Trinajstić information content (AvgIpc) is 2.88. The third kappa shape index (κ3) is 6.37. The van der Waals surface area contributed by atoms with Crippen molar-refractivity contribution in [3.8, 4) is 0 Å². The van der Waals surface area contributed by atoms with Crippen LogP contribution in [0.25, 0.3) is 0 Å². The van der Waals surface area contributed by atoms with Crippen molar-refractivity contribution in [2.45, 2.75) is 19.6 Å². The Kier molecular flexibility index (Phi) is 9.34. The third-order valence-corrected chi connectivity index (χ3v) is 7.79. The molecule has 0 atom stereocenters. The van der Waals surface area contributed by atoms with Gasteiger partial charge in [-0.15, -0.1) is 0 Å². The SMILES string of the molecule is CN.O=S(=O)(c1ccccc1)c1ccccc1.O=S(=O)(c1ccccc1)c1ccccc1. The fourth-order valence-electron chi connectivity index (χ4n) is 2.67. The summed E-state index contributed by atoms with van der Waals surface area (Å²) in [4.78, 5) is 1.32. The molecule has 0 aliphatic rings. The van der Waals surface area contributed by atoms with Gasteiger partial charge in [-0.25, -0.2) is 16.8 Å². The molecule has 0 aromatic heterocycles. The molecule has 0 aliphatic heterocycles. The van der Waals surface area contributed by atoms with Gasteiger partial charge in [0.2, 0.25) is 19.7 Å². The molecule has 166 valence electrons. The molecule has 4 rings (SSSR count). The lowest BCUT2D eigenvalue weighted by Crippen LogP contribution is -2.00. The summed E-state index contributed by atoms with van der Waals surface area (Å²) >= 11 is 0. The maximum absolute atomic E-state index is 12.0. The quantitative estimate of drug-likeness (QED) is 0.473. The van der Waals surface area contributed by atoms with Gasteiger partial charge in [0.25, 0.3) is 0 Å². The summed E-state index contributed by atoms with van der Waals surface area (Å²) in [5.74, 6) is 0. The van der Waals surface area contributed by atoms with Gasteiger partial charge >= 0.3 is 0 Å². The van der Waals surface area contributed by atoms with E-state index < -0.39 is 19.7 Å². The Labute approximate surface area is 190 Å². The van der Waals surface area contributed by atoms with E-state index in [9.17, 15) is 16.8 Å². The van der Waals surface area contributed by atoms with Gasteiger partial charge in [0.05, 0.1) is 19.6 Å². The lowest BCUT2D eigenvalue weighted by molar-refractivity contribution is 0.594. The topological polar surface area (TPSA) is 94.3 Å². The number of hydrogen-bond donors (Lipinski definition) is 1. The van der Waals surface area contributed by atoms with E-state index in [1.165, 1.54) is 7.05 Å². The molecule has 0 amide bonds. The summed E-state index contributed by atoms with van der Waals surface area (Å²) in [5.41, 5.74) is 4.50. The van der Waals surface area contributed by atoms with Crippen LogP contribution in [-0.2, 0) is 19.7 Å². The molecule has 4 aromatic carbocycles. The summed E-state index contributed by atoms with van der Waals surface area (Å²) < 4.78 is 48.1. The van der Waals surface area contributed by atoms with Crippen molar-refractivity contribution in [3.05, 3.63) is 121 Å². The zero-order chi connectivity index (χ0) is 23.5. The van der Waals surface area contributed by atoms with E-state index in [-0.39, 0.29) is 0 Å². The monoisotopic (exact) mass is 467 g/mol. The summed E-state index contributed by atoms with van der Waals surface area (Å²) in [7, 11) is -5.18. The molecule has 0 heterocycles. The molecule has 0 saturated heterocycles. The van der Waals surface area contributed by atoms with Crippen molar-refractivity contribution in [1.82, 2.24) is 0 Å². The minimum atomic E-state index is -3.34. The Morgan fingerprint density at radius 3 is 0.688 bits per heavy atom. The van der Waals surface area contributed by atoms with Gasteiger partial charge in [-0.1, -0.05) is 72.8 Å². The number of rotatable bonds is 4. The summed E-state index contributed by atoms with van der Waals surface area (Å²) in [6.45, 7) is 0. The van der Waals surface area contributed by atoms with Crippen LogP contribution < -0.4 is 5.73 Å². The molecule has 0 aliphatic carbocycles. The smallest absolute Gasteiger partial charge is 0.206 e. The normalized spacial score (nSPS) is 10.7. The number of nitrogens with two attached hydrogens (primary N) is 1. The predicted octanol–water partition coefficient (Wildman–Crippen LogP) is 4.61. The van der Waals surface area contributed by atoms with E-state index in [1.807, 2.05) is 0 Å². The first-order valence-corrected chi connectivity index (χ1v) is 12.7. The first kappa shape index (κ1) is 25.0. The Balaban J connectivity index is 0.000000211. The summed E-state index contributed by atoms with van der Waals surface area (Å²) in [6.07, 6.45) is 0. The van der Waals surface area contributed by atoms with Gasteiger partial charge in [0, 0.05) is 0 Å². The second-order valence-corrected chi connectivity index (χ2v) is 10.2. The maximum Gasteiger partial charge on any atom is 0.206 e. The molecular formula is C25H25NO4S2. The molecule has 0 fully saturated rings. The van der Waals surface area contributed by atoms with Crippen LogP contribution in [0.3, 0.4) is 0 Å². The van der Waals surface area contributed by atoms with E-state index >= 15 is 0 Å². The second-order valence-electron chi connectivity index (χ2n) is 6.26. The van der Waals surface area contributed by atoms with Crippen LogP contribution in [0, 0.1) is 0 Å². The van der Waals surface area contributed by atoms with E-state index in [1.54, 1.807) is 121 Å². The highest BCUT2D eigenvalue weighted by atomic mass is 32.2. The van der Waals surface area contributed by atoms with Crippen LogP contribution >= 0.6 is 0 Å². The zero-order valence-electron chi connectivity index (χ0n) is 17.6. The number of hydrogen-bond acceptors (Lipinski definition) is 5. The molecule has 4 aromatic rings. The van der Waals surface area contributed by atoms with Crippen molar-refractivity contribution >= 4 is 19.7 Å². The second kappa shape index (κ2) is 12.0. The maximum atomic E-state index is 12.0. The van der Waals surface area contributed by atoms with Gasteiger partial charge in [-0.2, -0.15) is 0 Å². The fraction of sp³-hybridized carbons (Fsp3) is 0.0400. The van der Waals surface area contributed by atoms with Crippen molar-refractivity contribution in [3.63, 3.8) is 0 Å². The Morgan fingerprint density at radius 1 is 0.375 bits per heavy atom. The predicted molar refractivity (Wildman–Crippen MR) is 127 cm³/mol. The van der Waals surface area contributed by atoms with Crippen molar-refractivity contribution in [2.24, 2.45) is 5.73 Å². The van der Waals surface area contributed by atoms with Crippen LogP contribution in [0.4, 0.5) is 0 Å². The average molecular weight is 468 g/mol. The Hall–Kier alpha value is -3.26. The van der Waals surface area contributed by atoms with E-state index in [0.29, 0.717) is 19.6 Å². The molecule has 7 heteroatoms. The van der Waals surface area contributed by atoms with Crippen LogP contribution in [-0.4, -0.2) is 23.9 Å². The molecular weight excluding hydrogens is 442 g/mol. The van der Waals surface area contributed by atoms with Gasteiger partial charge in [-0.3, -0.25) is 0 Å². The van der Waals surface area contributed by atoms with Crippen LogP contribution in [0.2, 0.25) is 0 Å². The van der Waals surface area contributed by atoms with Gasteiger partial charge in [0.1, 0.15) is 0 Å². The van der Waals surface area contributed by atoms with Crippen molar-refractivity contribution < 1.29 is 16.8 Å². The molecule has 0 bridgehead atoms. The molecule has 0 saturated carbocycles. The summed E-state index contributed by atoms with van der Waals surface area (Å²) in [6, 6.07) is 33.7. The van der Waals surface area contributed by atoms with Crippen LogP contribution in [0.5, 0.6) is 0 Å². The number of benzene rings is 4. The summed E-state index contributed by atoms with van der Waals surface area (Å²) in [5, 5.41) is 0. The standard InChI is InChI=1S/2C12H10O2S.CH5N/c2*13-15(14,11-7-3-1-4-8-11)12-9-5-2-6-10-12;1-2/h2*1-10H;2H2,1H3. The lowest BCUT2D eigenvalue weighted by atomic mass is 10.4. The van der Waals surface area contributed by atoms with Gasteiger partial charge in [0.15, 0.2) is 0 Å². The molecule has 0 unspecified atom stereocenters. The van der Waals surface area contributed by atoms with Gasteiger partial charge in [-0.05, 0) is 55.6 Å². The van der Waals surface area contributed by atoms with E-state index in [4.69, 9.17) is 0 Å². The minimum Gasteiger partial charge on any atom is -0.333 e. The van der Waals surface area contributed by atoms with Crippen molar-refractivity contribution in [1.29, 1.82) is 0 Å². The highest BCUT2D eigenvalue weighted by molar-refractivity contribution is 7.91. The Morgan fingerprint density at radius 2 is 0.531 bits per heavy atom. The molecule has 0 radical (unpaired) electrons. The first-order valence-electron chi connectivity index (χ1n) is 9.70. The molecule has 0 spiro atoms. The van der Waals surface area contributed by atoms with Crippen molar-refractivity contribution in [2.75, 3.05) is 7.05 Å². The molecule has 2 N–H and O–H groups in total. The van der Waals surface area contributed by atoms with E-state index in [0.717, 1.165) is 0 Å². The highest BCUT2D eigenvalue weighted by Crippen LogP contribution is 2.20. The van der Waals surface area contributed by atoms with Gasteiger partial charge < -0.3 is 5.73 Å². The molecule has 32 heavy (non-hydrogen) atoms. The fourth-order valence-corrected chi connectivity index (χ4v) is 5.28. The third-order valence-electron chi connectivity index (χ3n) is 4.21. The first-order chi connectivity index (χ1) is 15.4. The van der Waals surface area contributed by atoms with Crippen LogP contribution in [0.1, 0.15) is 0 Å². The largest absolute Gasteiger partial charge is 0.333 e. The van der Waals surface area contributed by atoms with E-state index in [2.05, 4.69) is 5.73 Å². The minimum absolute atomic E-state index is 0.330.